The van der Waals surface area contributed by atoms with E-state index in [0.717, 1.165) is 69.4 Å². The summed E-state index contributed by atoms with van der Waals surface area (Å²) in [5, 5.41) is 9.95. The molecule has 38 heavy (non-hydrogen) atoms. The van der Waals surface area contributed by atoms with Crippen LogP contribution in [-0.4, -0.2) is 39.3 Å². The molecule has 2 aliphatic rings. The van der Waals surface area contributed by atoms with E-state index in [4.69, 9.17) is 12.2 Å². The van der Waals surface area contributed by atoms with Gasteiger partial charge in [-0.15, -0.1) is 0 Å². The zero-order chi connectivity index (χ0) is 28.0. The summed E-state index contributed by atoms with van der Waals surface area (Å²) in [5.41, 5.74) is 1.38. The average Bonchev–Trinajstić information content (AvgIpc) is 3.13. The second-order valence-electron chi connectivity index (χ2n) is 11.2. The molecule has 3 heterocycles. The normalized spacial score (nSPS) is 21.9. The quantitative estimate of drug-likeness (QED) is 0.222. The number of thioether (sulfide) groups is 1. The van der Waals surface area contributed by atoms with E-state index < -0.39 is 0 Å². The highest BCUT2D eigenvalue weighted by atomic mass is 32.2. The standard InChI is InChI=1S/C30H44N4O2S2/c1-7-10-12-23(9-3)19-34-29(36)26(38-30(34)37)15-24-22(6)25(16-31)28(35)33(13-11-8-2)27(24)32-17-20(4)14-21(5)18-32/h15,20-21,23H,7-14,17-19H2,1-6H3/b26-15-. The third kappa shape index (κ3) is 6.71. The highest BCUT2D eigenvalue weighted by Gasteiger charge is 2.35. The van der Waals surface area contributed by atoms with Crippen LogP contribution in [0.15, 0.2) is 9.70 Å². The third-order valence-corrected chi connectivity index (χ3v) is 9.26. The van der Waals surface area contributed by atoms with Crippen LogP contribution in [0.25, 0.3) is 6.08 Å². The zero-order valence-electron chi connectivity index (χ0n) is 24.0. The Morgan fingerprint density at radius 2 is 1.79 bits per heavy atom. The number of unbranched alkanes of at least 4 members (excludes halogenated alkanes) is 2. The number of thiocarbonyl (C=S) groups is 1. The summed E-state index contributed by atoms with van der Waals surface area (Å²) in [6.07, 6.45) is 9.23. The van der Waals surface area contributed by atoms with E-state index in [2.05, 4.69) is 45.6 Å². The summed E-state index contributed by atoms with van der Waals surface area (Å²) in [7, 11) is 0. The number of aromatic nitrogens is 1. The molecule has 1 aromatic heterocycles. The molecule has 3 atom stereocenters. The first kappa shape index (κ1) is 30.4. The first-order valence-corrected chi connectivity index (χ1v) is 15.6. The fraction of sp³-hybridized carbons (Fsp3) is 0.667. The van der Waals surface area contributed by atoms with Crippen LogP contribution >= 0.6 is 24.0 Å². The predicted octanol–water partition coefficient (Wildman–Crippen LogP) is 6.73. The molecule has 8 heteroatoms. The van der Waals surface area contributed by atoms with Crippen molar-refractivity contribution in [1.29, 1.82) is 5.26 Å². The van der Waals surface area contributed by atoms with Crippen molar-refractivity contribution in [3.05, 3.63) is 31.9 Å². The van der Waals surface area contributed by atoms with Crippen molar-refractivity contribution in [1.82, 2.24) is 9.47 Å². The molecule has 0 spiro atoms. The molecule has 1 aromatic rings. The van der Waals surface area contributed by atoms with Gasteiger partial charge < -0.3 is 4.90 Å². The van der Waals surface area contributed by atoms with Gasteiger partial charge in [0.15, 0.2) is 0 Å². The van der Waals surface area contributed by atoms with Gasteiger partial charge in [-0.1, -0.05) is 84.3 Å². The molecule has 3 rings (SSSR count). The minimum atomic E-state index is -0.231. The molecule has 2 saturated heterocycles. The first-order valence-electron chi connectivity index (χ1n) is 14.3. The van der Waals surface area contributed by atoms with Crippen molar-refractivity contribution in [2.45, 2.75) is 93.0 Å². The maximum atomic E-state index is 13.6. The Hall–Kier alpha value is -2.11. The van der Waals surface area contributed by atoms with Gasteiger partial charge in [0, 0.05) is 31.7 Å². The summed E-state index contributed by atoms with van der Waals surface area (Å²) in [5.74, 6) is 2.18. The van der Waals surface area contributed by atoms with Gasteiger partial charge in [-0.2, -0.15) is 5.26 Å². The van der Waals surface area contributed by atoms with Gasteiger partial charge >= 0.3 is 0 Å². The lowest BCUT2D eigenvalue weighted by Crippen LogP contribution is -2.43. The number of amides is 1. The van der Waals surface area contributed by atoms with Crippen molar-refractivity contribution in [2.75, 3.05) is 24.5 Å². The number of hydrogen-bond acceptors (Lipinski definition) is 6. The highest BCUT2D eigenvalue weighted by molar-refractivity contribution is 8.26. The van der Waals surface area contributed by atoms with E-state index >= 15 is 0 Å². The van der Waals surface area contributed by atoms with Gasteiger partial charge in [0.1, 0.15) is 21.8 Å². The van der Waals surface area contributed by atoms with Crippen LogP contribution in [0.5, 0.6) is 0 Å². The van der Waals surface area contributed by atoms with E-state index in [1.54, 1.807) is 9.47 Å². The van der Waals surface area contributed by atoms with Gasteiger partial charge in [0.05, 0.1) is 4.91 Å². The second-order valence-corrected chi connectivity index (χ2v) is 12.9. The molecule has 2 fully saturated rings. The molecule has 6 nitrogen and oxygen atoms in total. The summed E-state index contributed by atoms with van der Waals surface area (Å²) >= 11 is 7.01. The Bertz CT molecular complexity index is 1160. The van der Waals surface area contributed by atoms with E-state index in [1.165, 1.54) is 11.8 Å². The van der Waals surface area contributed by atoms with Gasteiger partial charge in [-0.3, -0.25) is 19.1 Å². The Morgan fingerprint density at radius 1 is 1.13 bits per heavy atom. The monoisotopic (exact) mass is 556 g/mol. The summed E-state index contributed by atoms with van der Waals surface area (Å²) in [4.78, 5) is 31.8. The molecule has 1 amide bonds. The number of nitrogens with zero attached hydrogens (tertiary/aromatic N) is 4. The number of pyridine rings is 1. The van der Waals surface area contributed by atoms with Crippen molar-refractivity contribution in [2.24, 2.45) is 17.8 Å². The lowest BCUT2D eigenvalue weighted by atomic mass is 9.91. The predicted molar refractivity (Wildman–Crippen MR) is 163 cm³/mol. The number of hydrogen-bond donors (Lipinski definition) is 0. The molecule has 0 aromatic carbocycles. The van der Waals surface area contributed by atoms with Crippen molar-refractivity contribution in [3.63, 3.8) is 0 Å². The summed E-state index contributed by atoms with van der Waals surface area (Å²) in [6, 6.07) is 2.17. The van der Waals surface area contributed by atoms with Gasteiger partial charge in [0.25, 0.3) is 11.5 Å². The molecule has 0 radical (unpaired) electrons. The number of piperidine rings is 1. The molecule has 0 saturated carbocycles. The van der Waals surface area contributed by atoms with E-state index in [9.17, 15) is 14.9 Å². The number of anilines is 1. The van der Waals surface area contributed by atoms with Gasteiger partial charge in [0.2, 0.25) is 0 Å². The number of rotatable bonds is 11. The second kappa shape index (κ2) is 13.8. The number of carbonyl (C=O) groups excluding carboxylic acids is 1. The highest BCUT2D eigenvalue weighted by Crippen LogP contribution is 2.38. The van der Waals surface area contributed by atoms with Crippen LogP contribution in [0.3, 0.4) is 0 Å². The molecular formula is C30H44N4O2S2. The molecular weight excluding hydrogens is 512 g/mol. The summed E-state index contributed by atoms with van der Waals surface area (Å²) < 4.78 is 2.39. The molecule has 0 N–H and O–H groups in total. The smallest absolute Gasteiger partial charge is 0.270 e. The first-order chi connectivity index (χ1) is 18.2. The number of nitriles is 1. The minimum Gasteiger partial charge on any atom is -0.357 e. The van der Waals surface area contributed by atoms with Crippen molar-refractivity contribution in [3.8, 4) is 6.07 Å². The van der Waals surface area contributed by atoms with Gasteiger partial charge in [-0.05, 0) is 55.6 Å². The lowest BCUT2D eigenvalue weighted by Gasteiger charge is -2.39. The van der Waals surface area contributed by atoms with Crippen LogP contribution in [0.1, 0.15) is 96.3 Å². The average molecular weight is 557 g/mol. The minimum absolute atomic E-state index is 0.0644. The van der Waals surface area contributed by atoms with Crippen LogP contribution in [-0.2, 0) is 11.3 Å². The molecule has 0 aliphatic carbocycles. The van der Waals surface area contributed by atoms with Crippen LogP contribution < -0.4 is 10.5 Å². The maximum Gasteiger partial charge on any atom is 0.270 e. The maximum absolute atomic E-state index is 13.6. The zero-order valence-corrected chi connectivity index (χ0v) is 25.6. The molecule has 0 bridgehead atoms. The van der Waals surface area contributed by atoms with E-state index in [0.29, 0.717) is 45.6 Å². The van der Waals surface area contributed by atoms with Crippen LogP contribution in [0, 0.1) is 36.0 Å². The fourth-order valence-corrected chi connectivity index (χ4v) is 7.07. The van der Waals surface area contributed by atoms with Crippen molar-refractivity contribution >= 4 is 46.1 Å². The SMILES string of the molecule is CCCCC(CC)CN1C(=O)/C(=C/c2c(C)c(C#N)c(=O)n(CCCC)c2N2CC(C)CC(C)C2)SC1=S. The van der Waals surface area contributed by atoms with Crippen LogP contribution in [0.4, 0.5) is 5.82 Å². The number of carbonyl (C=O) groups is 1. The topological polar surface area (TPSA) is 69.3 Å². The fourth-order valence-electron chi connectivity index (χ4n) is 5.81. The Labute approximate surface area is 238 Å². The molecule has 2 aliphatic heterocycles. The molecule has 208 valence electrons. The Morgan fingerprint density at radius 3 is 2.37 bits per heavy atom. The Kier molecular flexibility index (Phi) is 11.1. The third-order valence-electron chi connectivity index (χ3n) is 7.88. The lowest BCUT2D eigenvalue weighted by molar-refractivity contribution is -0.122. The van der Waals surface area contributed by atoms with Gasteiger partial charge in [-0.25, -0.2) is 0 Å². The molecule has 3 unspecified atom stereocenters. The van der Waals surface area contributed by atoms with E-state index in [-0.39, 0.29) is 17.0 Å². The Balaban J connectivity index is 2.13. The van der Waals surface area contributed by atoms with Crippen molar-refractivity contribution < 1.29 is 4.79 Å². The summed E-state index contributed by atoms with van der Waals surface area (Å²) in [6.45, 7) is 15.7. The van der Waals surface area contributed by atoms with E-state index in [1.807, 2.05) is 13.0 Å². The van der Waals surface area contributed by atoms with Crippen LogP contribution in [0.2, 0.25) is 0 Å². The largest absolute Gasteiger partial charge is 0.357 e.